The van der Waals surface area contributed by atoms with Crippen LogP contribution in [0.5, 0.6) is 0 Å². The standard InChI is InChI=1S/C17H13F3N6O/c18-17(19,20)14-8-6-12(7-9-14)10-21-22-15(27)11-26-24-16(23-25-26)13-4-2-1-3-5-13/h1-10H,11H2,(H,22,27). The Hall–Kier alpha value is -3.56. The van der Waals surface area contributed by atoms with Crippen molar-refractivity contribution in [2.24, 2.45) is 5.10 Å². The van der Waals surface area contributed by atoms with E-state index in [1.165, 1.54) is 18.3 Å². The molecule has 138 valence electrons. The third kappa shape index (κ3) is 4.97. The molecule has 1 heterocycles. The zero-order chi connectivity index (χ0) is 19.3. The first-order valence-electron chi connectivity index (χ1n) is 7.74. The Bertz CT molecular complexity index is 935. The highest BCUT2D eigenvalue weighted by molar-refractivity contribution is 5.82. The molecular formula is C17H13F3N6O. The summed E-state index contributed by atoms with van der Waals surface area (Å²) in [6.45, 7) is -0.204. The monoisotopic (exact) mass is 374 g/mol. The lowest BCUT2D eigenvalue weighted by Gasteiger charge is -2.05. The summed E-state index contributed by atoms with van der Waals surface area (Å²) in [6, 6.07) is 13.5. The molecule has 0 aliphatic heterocycles. The number of nitrogens with one attached hydrogen (secondary N) is 1. The molecular weight excluding hydrogens is 361 g/mol. The van der Waals surface area contributed by atoms with Gasteiger partial charge in [-0.2, -0.15) is 23.1 Å². The second-order valence-electron chi connectivity index (χ2n) is 5.42. The van der Waals surface area contributed by atoms with Crippen LogP contribution in [0.4, 0.5) is 13.2 Å². The molecule has 0 unspecified atom stereocenters. The van der Waals surface area contributed by atoms with Gasteiger partial charge in [0.1, 0.15) is 6.54 Å². The van der Waals surface area contributed by atoms with E-state index in [4.69, 9.17) is 0 Å². The quantitative estimate of drug-likeness (QED) is 0.549. The average Bonchev–Trinajstić information content (AvgIpc) is 3.10. The first kappa shape index (κ1) is 18.2. The fraction of sp³-hybridized carbons (Fsp3) is 0.118. The van der Waals surface area contributed by atoms with E-state index in [-0.39, 0.29) is 6.54 Å². The van der Waals surface area contributed by atoms with Crippen LogP contribution < -0.4 is 5.43 Å². The van der Waals surface area contributed by atoms with Gasteiger partial charge in [0.25, 0.3) is 5.91 Å². The number of nitrogens with zero attached hydrogens (tertiary/aromatic N) is 5. The summed E-state index contributed by atoms with van der Waals surface area (Å²) in [7, 11) is 0. The van der Waals surface area contributed by atoms with Crippen molar-refractivity contribution in [1.82, 2.24) is 25.6 Å². The van der Waals surface area contributed by atoms with Gasteiger partial charge in [0.05, 0.1) is 11.8 Å². The number of alkyl halides is 3. The lowest BCUT2D eigenvalue weighted by atomic mass is 10.1. The number of tetrazole rings is 1. The minimum absolute atomic E-state index is 0.204. The Kier molecular flexibility index (Phi) is 5.25. The van der Waals surface area contributed by atoms with E-state index in [0.717, 1.165) is 22.5 Å². The van der Waals surface area contributed by atoms with Gasteiger partial charge < -0.3 is 0 Å². The second kappa shape index (κ2) is 7.77. The summed E-state index contributed by atoms with van der Waals surface area (Å²) >= 11 is 0. The molecule has 0 atom stereocenters. The molecule has 0 aliphatic carbocycles. The number of amides is 1. The van der Waals surface area contributed by atoms with Crippen LogP contribution in [-0.2, 0) is 17.5 Å². The number of aromatic nitrogens is 4. The van der Waals surface area contributed by atoms with Gasteiger partial charge in [-0.3, -0.25) is 4.79 Å². The fourth-order valence-corrected chi connectivity index (χ4v) is 2.11. The van der Waals surface area contributed by atoms with Crippen molar-refractivity contribution in [2.75, 3.05) is 0 Å². The van der Waals surface area contributed by atoms with Crippen molar-refractivity contribution in [1.29, 1.82) is 0 Å². The van der Waals surface area contributed by atoms with Crippen molar-refractivity contribution in [3.8, 4) is 11.4 Å². The average molecular weight is 374 g/mol. The smallest absolute Gasteiger partial charge is 0.271 e. The Morgan fingerprint density at radius 2 is 1.81 bits per heavy atom. The molecule has 7 nitrogen and oxygen atoms in total. The molecule has 3 rings (SSSR count). The molecule has 3 aromatic rings. The van der Waals surface area contributed by atoms with E-state index in [1.807, 2.05) is 30.3 Å². The molecule has 0 saturated heterocycles. The lowest BCUT2D eigenvalue weighted by Crippen LogP contribution is -2.24. The maximum Gasteiger partial charge on any atom is 0.416 e. The van der Waals surface area contributed by atoms with Crippen molar-refractivity contribution in [2.45, 2.75) is 12.7 Å². The van der Waals surface area contributed by atoms with Crippen LogP contribution in [0.25, 0.3) is 11.4 Å². The summed E-state index contributed by atoms with van der Waals surface area (Å²) < 4.78 is 37.5. The number of rotatable bonds is 5. The van der Waals surface area contributed by atoms with Gasteiger partial charge >= 0.3 is 6.18 Å². The van der Waals surface area contributed by atoms with Gasteiger partial charge in [0.15, 0.2) is 0 Å². The van der Waals surface area contributed by atoms with Crippen LogP contribution in [0.1, 0.15) is 11.1 Å². The molecule has 27 heavy (non-hydrogen) atoms. The molecule has 10 heteroatoms. The minimum Gasteiger partial charge on any atom is -0.271 e. The zero-order valence-corrected chi connectivity index (χ0v) is 13.8. The number of carbonyl (C=O) groups excluding carboxylic acids is 1. The van der Waals surface area contributed by atoms with Crippen LogP contribution in [0.15, 0.2) is 59.7 Å². The van der Waals surface area contributed by atoms with Crippen molar-refractivity contribution < 1.29 is 18.0 Å². The predicted octanol–water partition coefficient (Wildman–Crippen LogP) is 2.51. The van der Waals surface area contributed by atoms with Crippen LogP contribution in [0, 0.1) is 0 Å². The van der Waals surface area contributed by atoms with Crippen LogP contribution in [-0.4, -0.2) is 32.3 Å². The summed E-state index contributed by atoms with van der Waals surface area (Å²) in [5, 5.41) is 15.4. The lowest BCUT2D eigenvalue weighted by molar-refractivity contribution is -0.137. The Labute approximate surface area is 151 Å². The van der Waals surface area contributed by atoms with Crippen LogP contribution in [0.2, 0.25) is 0 Å². The maximum atomic E-state index is 12.5. The molecule has 0 radical (unpaired) electrons. The molecule has 1 N–H and O–H groups in total. The number of halogens is 3. The fourth-order valence-electron chi connectivity index (χ4n) is 2.11. The van der Waals surface area contributed by atoms with E-state index in [9.17, 15) is 18.0 Å². The van der Waals surface area contributed by atoms with Crippen molar-refractivity contribution in [3.05, 3.63) is 65.7 Å². The number of carbonyl (C=O) groups is 1. The summed E-state index contributed by atoms with van der Waals surface area (Å²) in [5.41, 5.74) is 2.68. The Balaban J connectivity index is 1.54. The molecule has 0 aliphatic rings. The molecule has 0 bridgehead atoms. The highest BCUT2D eigenvalue weighted by Crippen LogP contribution is 2.28. The molecule has 0 fully saturated rings. The normalized spacial score (nSPS) is 11.7. The van der Waals surface area contributed by atoms with Crippen molar-refractivity contribution in [3.63, 3.8) is 0 Å². The zero-order valence-electron chi connectivity index (χ0n) is 13.8. The molecule has 0 saturated carbocycles. The molecule has 1 amide bonds. The van der Waals surface area contributed by atoms with Crippen molar-refractivity contribution >= 4 is 12.1 Å². The Morgan fingerprint density at radius 1 is 1.11 bits per heavy atom. The highest BCUT2D eigenvalue weighted by atomic mass is 19.4. The minimum atomic E-state index is -4.40. The summed E-state index contributed by atoms with van der Waals surface area (Å²) in [5.74, 6) is -0.119. The van der Waals surface area contributed by atoms with Gasteiger partial charge in [-0.15, -0.1) is 10.2 Å². The van der Waals surface area contributed by atoms with Gasteiger partial charge in [-0.25, -0.2) is 5.43 Å². The van der Waals surface area contributed by atoms with Crippen LogP contribution in [0.3, 0.4) is 0 Å². The van der Waals surface area contributed by atoms with E-state index in [0.29, 0.717) is 11.4 Å². The summed E-state index contributed by atoms with van der Waals surface area (Å²) in [4.78, 5) is 12.9. The van der Waals surface area contributed by atoms with Gasteiger partial charge in [0.2, 0.25) is 5.82 Å². The number of hydrazone groups is 1. The highest BCUT2D eigenvalue weighted by Gasteiger charge is 2.29. The molecule has 0 spiro atoms. The summed E-state index contributed by atoms with van der Waals surface area (Å²) in [6.07, 6.45) is -3.16. The van der Waals surface area contributed by atoms with Gasteiger partial charge in [-0.05, 0) is 22.9 Å². The molecule has 2 aromatic carbocycles. The predicted molar refractivity (Wildman–Crippen MR) is 90.4 cm³/mol. The van der Waals surface area contributed by atoms with Gasteiger partial charge in [-0.1, -0.05) is 42.5 Å². The topological polar surface area (TPSA) is 85.1 Å². The maximum absolute atomic E-state index is 12.5. The SMILES string of the molecule is O=C(Cn1nnc(-c2ccccc2)n1)NN=Cc1ccc(C(F)(F)F)cc1. The first-order valence-corrected chi connectivity index (χ1v) is 7.74. The number of hydrogen-bond donors (Lipinski definition) is 1. The van der Waals surface area contributed by atoms with Gasteiger partial charge in [0, 0.05) is 5.56 Å². The number of hydrogen-bond acceptors (Lipinski definition) is 5. The van der Waals surface area contributed by atoms with Crippen LogP contribution >= 0.6 is 0 Å². The van der Waals surface area contributed by atoms with E-state index in [2.05, 4.69) is 25.9 Å². The Morgan fingerprint density at radius 3 is 2.48 bits per heavy atom. The number of benzene rings is 2. The first-order chi connectivity index (χ1) is 12.9. The largest absolute Gasteiger partial charge is 0.416 e. The van der Waals surface area contributed by atoms with E-state index < -0.39 is 17.6 Å². The van der Waals surface area contributed by atoms with E-state index >= 15 is 0 Å². The molecule has 1 aromatic heterocycles. The van der Waals surface area contributed by atoms with E-state index in [1.54, 1.807) is 0 Å². The third-order valence-corrected chi connectivity index (χ3v) is 3.41. The third-order valence-electron chi connectivity index (χ3n) is 3.41. The second-order valence-corrected chi connectivity index (χ2v) is 5.42.